The number of hydrogen-bond acceptors (Lipinski definition) is 5. The van der Waals surface area contributed by atoms with E-state index in [2.05, 4.69) is 16.6 Å². The second-order valence-electron chi connectivity index (χ2n) is 7.15. The Morgan fingerprint density at radius 1 is 1.00 bits per heavy atom. The van der Waals surface area contributed by atoms with Crippen molar-refractivity contribution in [3.8, 4) is 11.5 Å². The van der Waals surface area contributed by atoms with E-state index in [4.69, 9.17) is 4.74 Å². The number of nitrogens with one attached hydrogen (secondary N) is 1. The van der Waals surface area contributed by atoms with Crippen LogP contribution in [0.25, 0.3) is 5.57 Å². The van der Waals surface area contributed by atoms with Gasteiger partial charge in [0.1, 0.15) is 17.2 Å². The van der Waals surface area contributed by atoms with Crippen molar-refractivity contribution in [3.05, 3.63) is 72.4 Å². The van der Waals surface area contributed by atoms with Gasteiger partial charge in [-0.15, -0.1) is 19.8 Å². The van der Waals surface area contributed by atoms with Crippen LogP contribution in [0.5, 0.6) is 11.5 Å². The molecule has 0 spiro atoms. The Balaban J connectivity index is 1.94. The van der Waals surface area contributed by atoms with E-state index in [-0.39, 0.29) is 23.9 Å². The normalized spacial score (nSPS) is 14.2. The number of hydrogen-bond donors (Lipinski definition) is 1. The highest BCUT2D eigenvalue weighted by atomic mass is 19.4. The fraction of sp³-hybridized carbons (Fsp3) is 0.217. The molecule has 168 valence electrons. The summed E-state index contributed by atoms with van der Waals surface area (Å²) in [7, 11) is 0. The summed E-state index contributed by atoms with van der Waals surface area (Å²) in [5.41, 5.74) is 0.960. The largest absolute Gasteiger partial charge is 0.573 e. The quantitative estimate of drug-likeness (QED) is 0.468. The zero-order chi connectivity index (χ0) is 23.5. The van der Waals surface area contributed by atoms with Gasteiger partial charge >= 0.3 is 6.36 Å². The minimum Gasteiger partial charge on any atom is -0.491 e. The highest BCUT2D eigenvalue weighted by Gasteiger charge is 2.38. The van der Waals surface area contributed by atoms with Crippen LogP contribution in [0.15, 0.2) is 66.9 Å². The van der Waals surface area contributed by atoms with Crippen LogP contribution in [-0.4, -0.2) is 35.7 Å². The Kier molecular flexibility index (Phi) is 6.57. The fourth-order valence-corrected chi connectivity index (χ4v) is 3.11. The minimum absolute atomic E-state index is 0.0128. The number of alkyl halides is 3. The number of ether oxygens (including phenoxy) is 2. The molecule has 2 amide bonds. The van der Waals surface area contributed by atoms with Crippen LogP contribution >= 0.6 is 0 Å². The SMILES string of the molecule is C=CCN1C(=O)C(Nc2ccc(OC(F)(F)F)cc2)=C(c2ccc(OC(C)C)cc2)C1=O. The molecule has 1 aliphatic rings. The van der Waals surface area contributed by atoms with Crippen molar-refractivity contribution >= 4 is 23.1 Å². The molecule has 0 saturated heterocycles. The van der Waals surface area contributed by atoms with Gasteiger partial charge in [-0.05, 0) is 55.8 Å². The first-order valence-corrected chi connectivity index (χ1v) is 9.70. The second-order valence-corrected chi connectivity index (χ2v) is 7.15. The van der Waals surface area contributed by atoms with Crippen LogP contribution in [0.1, 0.15) is 19.4 Å². The summed E-state index contributed by atoms with van der Waals surface area (Å²) in [6.07, 6.45) is -3.41. The molecule has 0 radical (unpaired) electrons. The van der Waals surface area contributed by atoms with Crippen molar-refractivity contribution < 1.29 is 32.2 Å². The first kappa shape index (κ1) is 22.9. The molecule has 0 saturated carbocycles. The average Bonchev–Trinajstić information content (AvgIpc) is 2.93. The zero-order valence-electron chi connectivity index (χ0n) is 17.4. The van der Waals surface area contributed by atoms with E-state index in [1.165, 1.54) is 18.2 Å². The monoisotopic (exact) mass is 446 g/mol. The number of amides is 2. The van der Waals surface area contributed by atoms with Crippen LogP contribution in [0.2, 0.25) is 0 Å². The van der Waals surface area contributed by atoms with Gasteiger partial charge in [0.05, 0.1) is 11.7 Å². The molecule has 0 aliphatic carbocycles. The lowest BCUT2D eigenvalue weighted by molar-refractivity contribution is -0.274. The maximum Gasteiger partial charge on any atom is 0.573 e. The number of carbonyl (C=O) groups excluding carboxylic acids is 2. The molecule has 9 heteroatoms. The topological polar surface area (TPSA) is 67.9 Å². The van der Waals surface area contributed by atoms with Gasteiger partial charge in [0.2, 0.25) is 0 Å². The minimum atomic E-state index is -4.81. The number of imide groups is 1. The van der Waals surface area contributed by atoms with E-state index in [0.29, 0.717) is 17.0 Å². The van der Waals surface area contributed by atoms with Crippen LogP contribution < -0.4 is 14.8 Å². The van der Waals surface area contributed by atoms with Crippen LogP contribution in [0, 0.1) is 0 Å². The lowest BCUT2D eigenvalue weighted by Gasteiger charge is -2.13. The van der Waals surface area contributed by atoms with Crippen molar-refractivity contribution in [2.24, 2.45) is 0 Å². The Hall–Kier alpha value is -3.75. The van der Waals surface area contributed by atoms with E-state index >= 15 is 0 Å². The third-order valence-electron chi connectivity index (χ3n) is 4.35. The van der Waals surface area contributed by atoms with Gasteiger partial charge < -0.3 is 14.8 Å². The lowest BCUT2D eigenvalue weighted by atomic mass is 10.0. The van der Waals surface area contributed by atoms with Crippen molar-refractivity contribution in [1.29, 1.82) is 0 Å². The van der Waals surface area contributed by atoms with E-state index in [1.54, 1.807) is 24.3 Å². The van der Waals surface area contributed by atoms with Crippen molar-refractivity contribution in [2.45, 2.75) is 26.3 Å². The van der Waals surface area contributed by atoms with Crippen molar-refractivity contribution in [2.75, 3.05) is 11.9 Å². The Labute approximate surface area is 182 Å². The zero-order valence-corrected chi connectivity index (χ0v) is 17.4. The lowest BCUT2D eigenvalue weighted by Crippen LogP contribution is -2.32. The summed E-state index contributed by atoms with van der Waals surface area (Å²) in [4.78, 5) is 26.9. The average molecular weight is 446 g/mol. The predicted octanol–water partition coefficient (Wildman–Crippen LogP) is 4.75. The fourth-order valence-electron chi connectivity index (χ4n) is 3.11. The first-order chi connectivity index (χ1) is 15.1. The predicted molar refractivity (Wildman–Crippen MR) is 113 cm³/mol. The van der Waals surface area contributed by atoms with Crippen LogP contribution in [-0.2, 0) is 9.59 Å². The summed E-state index contributed by atoms with van der Waals surface area (Å²) in [6, 6.07) is 11.6. The van der Waals surface area contributed by atoms with E-state index in [0.717, 1.165) is 17.0 Å². The number of carbonyl (C=O) groups is 2. The van der Waals surface area contributed by atoms with Gasteiger partial charge in [-0.25, -0.2) is 0 Å². The standard InChI is InChI=1S/C23H21F3N2O4/c1-4-13-28-21(29)19(15-5-9-17(10-6-15)31-14(2)3)20(22(28)30)27-16-7-11-18(12-8-16)32-23(24,25)26/h4-12,14,27H,1,13H2,2-3H3. The molecule has 6 nitrogen and oxygen atoms in total. The molecule has 2 aromatic rings. The third-order valence-corrected chi connectivity index (χ3v) is 4.35. The Morgan fingerprint density at radius 2 is 1.59 bits per heavy atom. The molecule has 0 unspecified atom stereocenters. The number of benzene rings is 2. The molecular weight excluding hydrogens is 425 g/mol. The van der Waals surface area contributed by atoms with Gasteiger partial charge in [0.15, 0.2) is 0 Å². The Bertz CT molecular complexity index is 1040. The molecular formula is C23H21F3N2O4. The first-order valence-electron chi connectivity index (χ1n) is 9.70. The molecule has 1 heterocycles. The van der Waals surface area contributed by atoms with Crippen molar-refractivity contribution in [1.82, 2.24) is 4.90 Å². The molecule has 0 atom stereocenters. The van der Waals surface area contributed by atoms with Crippen LogP contribution in [0.4, 0.5) is 18.9 Å². The summed E-state index contributed by atoms with van der Waals surface area (Å²) >= 11 is 0. The van der Waals surface area contributed by atoms with Crippen LogP contribution in [0.3, 0.4) is 0 Å². The van der Waals surface area contributed by atoms with Gasteiger partial charge in [0.25, 0.3) is 11.8 Å². The molecule has 0 fully saturated rings. The number of rotatable bonds is 8. The van der Waals surface area contributed by atoms with Gasteiger partial charge in [0, 0.05) is 12.2 Å². The molecule has 2 aromatic carbocycles. The van der Waals surface area contributed by atoms with E-state index < -0.39 is 23.9 Å². The summed E-state index contributed by atoms with van der Waals surface area (Å²) < 4.78 is 46.6. The smallest absolute Gasteiger partial charge is 0.491 e. The summed E-state index contributed by atoms with van der Waals surface area (Å²) in [5.74, 6) is -0.867. The maximum absolute atomic E-state index is 13.0. The number of anilines is 1. The van der Waals surface area contributed by atoms with E-state index in [1.807, 2.05) is 13.8 Å². The molecule has 0 aromatic heterocycles. The van der Waals surface area contributed by atoms with Gasteiger partial charge in [-0.3, -0.25) is 14.5 Å². The highest BCUT2D eigenvalue weighted by molar-refractivity contribution is 6.36. The van der Waals surface area contributed by atoms with Gasteiger partial charge in [-0.2, -0.15) is 0 Å². The van der Waals surface area contributed by atoms with E-state index in [9.17, 15) is 22.8 Å². The number of halogens is 3. The molecule has 1 N–H and O–H groups in total. The summed E-state index contributed by atoms with van der Waals surface area (Å²) in [5, 5.41) is 2.86. The third kappa shape index (κ3) is 5.29. The highest BCUT2D eigenvalue weighted by Crippen LogP contribution is 2.32. The second kappa shape index (κ2) is 9.17. The maximum atomic E-state index is 13.0. The van der Waals surface area contributed by atoms with Crippen molar-refractivity contribution in [3.63, 3.8) is 0 Å². The van der Waals surface area contributed by atoms with Gasteiger partial charge in [-0.1, -0.05) is 18.2 Å². The molecule has 32 heavy (non-hydrogen) atoms. The molecule has 0 bridgehead atoms. The summed E-state index contributed by atoms with van der Waals surface area (Å²) in [6.45, 7) is 7.35. The molecule has 3 rings (SSSR count). The Morgan fingerprint density at radius 3 is 2.12 bits per heavy atom. The number of nitrogens with zero attached hydrogens (tertiary/aromatic N) is 1. The molecule has 1 aliphatic heterocycles.